The van der Waals surface area contributed by atoms with Crippen LogP contribution >= 0.6 is 0 Å². The number of aromatic nitrogens is 2. The summed E-state index contributed by atoms with van der Waals surface area (Å²) < 4.78 is 0. The van der Waals surface area contributed by atoms with Crippen molar-refractivity contribution in [2.45, 2.75) is 26.2 Å². The van der Waals surface area contributed by atoms with E-state index < -0.39 is 5.41 Å². The van der Waals surface area contributed by atoms with E-state index in [1.807, 2.05) is 45.0 Å². The van der Waals surface area contributed by atoms with Crippen LogP contribution in [-0.4, -0.2) is 15.9 Å². The second-order valence-electron chi connectivity index (χ2n) is 5.59. The van der Waals surface area contributed by atoms with Crippen molar-refractivity contribution in [3.05, 3.63) is 35.5 Å². The third kappa shape index (κ3) is 1.82. The highest BCUT2D eigenvalue weighted by atomic mass is 16.2. The number of nitrogens with one attached hydrogen (secondary N) is 1. The SMILES string of the molecule is Cc1cc(-c2ccc3c(c2)C(C)(C)C(=O)N3)nc(N)n1. The molecular formula is C15H16N4O. The fourth-order valence-electron chi connectivity index (χ4n) is 2.47. The molecule has 3 N–H and O–H groups in total. The van der Waals surface area contributed by atoms with Crippen LogP contribution in [0, 0.1) is 6.92 Å². The minimum Gasteiger partial charge on any atom is -0.368 e. The molecule has 0 bridgehead atoms. The van der Waals surface area contributed by atoms with Crippen molar-refractivity contribution in [3.63, 3.8) is 0 Å². The molecule has 0 unspecified atom stereocenters. The van der Waals surface area contributed by atoms with E-state index in [0.29, 0.717) is 0 Å². The Morgan fingerprint density at radius 3 is 2.65 bits per heavy atom. The first-order chi connectivity index (χ1) is 9.38. The predicted molar refractivity (Wildman–Crippen MR) is 78.3 cm³/mol. The highest BCUT2D eigenvalue weighted by Crippen LogP contribution is 2.39. The van der Waals surface area contributed by atoms with Crippen molar-refractivity contribution in [3.8, 4) is 11.3 Å². The Kier molecular flexibility index (Phi) is 2.54. The molecule has 2 heterocycles. The molecule has 0 spiro atoms. The second kappa shape index (κ2) is 4.03. The Morgan fingerprint density at radius 2 is 1.95 bits per heavy atom. The van der Waals surface area contributed by atoms with Gasteiger partial charge in [-0.3, -0.25) is 4.79 Å². The molecule has 0 atom stereocenters. The summed E-state index contributed by atoms with van der Waals surface area (Å²) >= 11 is 0. The highest BCUT2D eigenvalue weighted by Gasteiger charge is 2.38. The van der Waals surface area contributed by atoms with E-state index in [-0.39, 0.29) is 11.9 Å². The summed E-state index contributed by atoms with van der Waals surface area (Å²) in [6, 6.07) is 7.72. The van der Waals surface area contributed by atoms with Gasteiger partial charge in [-0.05, 0) is 44.5 Å². The van der Waals surface area contributed by atoms with Gasteiger partial charge in [-0.2, -0.15) is 0 Å². The molecule has 1 aliphatic heterocycles. The zero-order valence-electron chi connectivity index (χ0n) is 11.7. The number of hydrogen-bond donors (Lipinski definition) is 2. The minimum atomic E-state index is -0.529. The van der Waals surface area contributed by atoms with Gasteiger partial charge in [0.1, 0.15) is 0 Å². The van der Waals surface area contributed by atoms with Crippen molar-refractivity contribution in [1.29, 1.82) is 0 Å². The maximum Gasteiger partial charge on any atom is 0.234 e. The maximum atomic E-state index is 12.0. The van der Waals surface area contributed by atoms with Crippen LogP contribution in [0.2, 0.25) is 0 Å². The lowest BCUT2D eigenvalue weighted by molar-refractivity contribution is -0.119. The lowest BCUT2D eigenvalue weighted by atomic mass is 9.85. The number of amides is 1. The summed E-state index contributed by atoms with van der Waals surface area (Å²) in [5.74, 6) is 0.275. The van der Waals surface area contributed by atoms with Crippen molar-refractivity contribution >= 4 is 17.5 Å². The Hall–Kier alpha value is -2.43. The predicted octanol–water partition coefficient (Wildman–Crippen LogP) is 2.26. The number of nitrogens with zero attached hydrogens (tertiary/aromatic N) is 2. The van der Waals surface area contributed by atoms with Crippen LogP contribution in [0.1, 0.15) is 25.1 Å². The van der Waals surface area contributed by atoms with Gasteiger partial charge >= 0.3 is 0 Å². The van der Waals surface area contributed by atoms with Gasteiger partial charge < -0.3 is 11.1 Å². The van der Waals surface area contributed by atoms with Crippen molar-refractivity contribution in [1.82, 2.24) is 9.97 Å². The van der Waals surface area contributed by atoms with Crippen LogP contribution in [-0.2, 0) is 10.2 Å². The second-order valence-corrected chi connectivity index (χ2v) is 5.59. The number of anilines is 2. The zero-order chi connectivity index (χ0) is 14.5. The fraction of sp³-hybridized carbons (Fsp3) is 0.267. The first kappa shape index (κ1) is 12.6. The Bertz CT molecular complexity index is 702. The lowest BCUT2D eigenvalue weighted by Gasteiger charge is -2.15. The van der Waals surface area contributed by atoms with Gasteiger partial charge in [-0.25, -0.2) is 9.97 Å². The van der Waals surface area contributed by atoms with Crippen LogP contribution in [0.5, 0.6) is 0 Å². The molecule has 0 aliphatic carbocycles. The largest absolute Gasteiger partial charge is 0.368 e. The number of aryl methyl sites for hydroxylation is 1. The number of hydrogen-bond acceptors (Lipinski definition) is 4. The number of carbonyl (C=O) groups is 1. The molecule has 1 amide bonds. The summed E-state index contributed by atoms with van der Waals surface area (Å²) in [6.07, 6.45) is 0. The van der Waals surface area contributed by atoms with Gasteiger partial charge in [0.15, 0.2) is 0 Å². The smallest absolute Gasteiger partial charge is 0.234 e. The normalized spacial score (nSPS) is 15.8. The Morgan fingerprint density at radius 1 is 1.20 bits per heavy atom. The van der Waals surface area contributed by atoms with Gasteiger partial charge in [0, 0.05) is 16.9 Å². The molecular weight excluding hydrogens is 252 g/mol. The van der Waals surface area contributed by atoms with Crippen LogP contribution in [0.25, 0.3) is 11.3 Å². The van der Waals surface area contributed by atoms with Gasteiger partial charge in [0.05, 0.1) is 11.1 Å². The number of rotatable bonds is 1. The molecule has 5 nitrogen and oxygen atoms in total. The average Bonchev–Trinajstić information content (AvgIpc) is 2.59. The molecule has 0 radical (unpaired) electrons. The lowest BCUT2D eigenvalue weighted by Crippen LogP contribution is -2.26. The summed E-state index contributed by atoms with van der Waals surface area (Å²) in [4.78, 5) is 20.3. The molecule has 20 heavy (non-hydrogen) atoms. The first-order valence-electron chi connectivity index (χ1n) is 6.45. The first-order valence-corrected chi connectivity index (χ1v) is 6.45. The molecule has 1 aromatic carbocycles. The molecule has 0 fully saturated rings. The monoisotopic (exact) mass is 268 g/mol. The fourth-order valence-corrected chi connectivity index (χ4v) is 2.47. The van der Waals surface area contributed by atoms with Crippen molar-refractivity contribution < 1.29 is 4.79 Å². The maximum absolute atomic E-state index is 12.0. The minimum absolute atomic E-state index is 0.0167. The van der Waals surface area contributed by atoms with Crippen molar-refractivity contribution in [2.24, 2.45) is 0 Å². The molecule has 3 rings (SSSR count). The topological polar surface area (TPSA) is 80.9 Å². The molecule has 1 aromatic heterocycles. The Balaban J connectivity index is 2.14. The quantitative estimate of drug-likeness (QED) is 0.831. The number of nitrogens with two attached hydrogens (primary N) is 1. The van der Waals surface area contributed by atoms with E-state index in [9.17, 15) is 4.79 Å². The number of benzene rings is 1. The van der Waals surface area contributed by atoms with Gasteiger partial charge in [0.25, 0.3) is 0 Å². The number of fused-ring (bicyclic) bond motifs is 1. The standard InChI is InChI=1S/C15H16N4O/c1-8-6-12(19-14(16)17-8)9-4-5-11-10(7-9)15(2,3)13(20)18-11/h4-7H,1-3H3,(H,18,20)(H2,16,17,19). The molecule has 1 aliphatic rings. The van der Waals surface area contributed by atoms with Gasteiger partial charge in [0.2, 0.25) is 11.9 Å². The van der Waals surface area contributed by atoms with Crippen LogP contribution in [0.4, 0.5) is 11.6 Å². The van der Waals surface area contributed by atoms with E-state index in [1.54, 1.807) is 0 Å². The van der Waals surface area contributed by atoms with E-state index in [0.717, 1.165) is 28.2 Å². The molecule has 5 heteroatoms. The molecule has 0 saturated heterocycles. The number of nitrogen functional groups attached to an aromatic ring is 1. The van der Waals surface area contributed by atoms with E-state index in [4.69, 9.17) is 5.73 Å². The van der Waals surface area contributed by atoms with Crippen LogP contribution < -0.4 is 11.1 Å². The van der Waals surface area contributed by atoms with E-state index >= 15 is 0 Å². The van der Waals surface area contributed by atoms with Gasteiger partial charge in [-0.1, -0.05) is 6.07 Å². The summed E-state index contributed by atoms with van der Waals surface area (Å²) in [5, 5.41) is 2.89. The van der Waals surface area contributed by atoms with Gasteiger partial charge in [-0.15, -0.1) is 0 Å². The third-order valence-corrected chi connectivity index (χ3v) is 3.68. The van der Waals surface area contributed by atoms with Crippen LogP contribution in [0.3, 0.4) is 0 Å². The summed E-state index contributed by atoms with van der Waals surface area (Å²) in [6.45, 7) is 5.71. The highest BCUT2D eigenvalue weighted by molar-refractivity contribution is 6.06. The molecule has 0 saturated carbocycles. The third-order valence-electron chi connectivity index (χ3n) is 3.68. The van der Waals surface area contributed by atoms with E-state index in [1.165, 1.54) is 0 Å². The zero-order valence-corrected chi connectivity index (χ0v) is 11.7. The molecule has 102 valence electrons. The Labute approximate surface area is 117 Å². The van der Waals surface area contributed by atoms with E-state index in [2.05, 4.69) is 15.3 Å². The number of carbonyl (C=O) groups excluding carboxylic acids is 1. The molecule has 2 aromatic rings. The summed E-state index contributed by atoms with van der Waals surface area (Å²) in [7, 11) is 0. The summed E-state index contributed by atoms with van der Waals surface area (Å²) in [5.41, 5.74) is 9.54. The van der Waals surface area contributed by atoms with Crippen LogP contribution in [0.15, 0.2) is 24.3 Å². The average molecular weight is 268 g/mol. The van der Waals surface area contributed by atoms with Crippen molar-refractivity contribution in [2.75, 3.05) is 11.1 Å².